The Balaban J connectivity index is 1.98. The number of fused-ring (bicyclic) bond motifs is 1. The molecular formula is C16H23N3O. The number of pyridine rings is 1. The fraction of sp³-hybridized carbons (Fsp3) is 0.625. The molecule has 1 aromatic rings. The van der Waals surface area contributed by atoms with E-state index in [2.05, 4.69) is 16.4 Å². The van der Waals surface area contributed by atoms with Gasteiger partial charge in [-0.25, -0.2) is 4.98 Å². The topological polar surface area (TPSA) is 68.9 Å². The number of hydrogen-bond donors (Lipinski definition) is 2. The standard InChI is InChI=1S/C16H23N3O/c1-12(11-20)5-4-8-18-16-14(10-17)9-13-6-2-3-7-15(13)19-16/h9,12,20H,2-8,11H2,1H3,(H,18,19). The average Bonchev–Trinajstić information content (AvgIpc) is 2.50. The maximum atomic E-state index is 9.24. The van der Waals surface area contributed by atoms with Crippen molar-refractivity contribution < 1.29 is 5.11 Å². The first-order valence-electron chi connectivity index (χ1n) is 7.52. The van der Waals surface area contributed by atoms with Crippen LogP contribution in [-0.2, 0) is 12.8 Å². The predicted molar refractivity (Wildman–Crippen MR) is 79.6 cm³/mol. The van der Waals surface area contributed by atoms with E-state index in [0.717, 1.165) is 43.7 Å². The van der Waals surface area contributed by atoms with Gasteiger partial charge in [-0.2, -0.15) is 5.26 Å². The molecule has 0 spiro atoms. The zero-order chi connectivity index (χ0) is 14.4. The Kier molecular flexibility index (Phi) is 5.37. The monoisotopic (exact) mass is 273 g/mol. The van der Waals surface area contributed by atoms with Gasteiger partial charge in [-0.3, -0.25) is 0 Å². The molecule has 1 heterocycles. The number of rotatable bonds is 6. The maximum absolute atomic E-state index is 9.24. The Morgan fingerprint density at radius 2 is 2.25 bits per heavy atom. The minimum atomic E-state index is 0.237. The van der Waals surface area contributed by atoms with Crippen LogP contribution in [0.15, 0.2) is 6.07 Å². The molecule has 2 rings (SSSR count). The van der Waals surface area contributed by atoms with Crippen molar-refractivity contribution in [2.75, 3.05) is 18.5 Å². The lowest BCUT2D eigenvalue weighted by Crippen LogP contribution is -2.12. The molecule has 1 unspecified atom stereocenters. The summed E-state index contributed by atoms with van der Waals surface area (Å²) in [6, 6.07) is 4.24. The highest BCUT2D eigenvalue weighted by Crippen LogP contribution is 2.24. The summed E-state index contributed by atoms with van der Waals surface area (Å²) in [5.41, 5.74) is 3.05. The Hall–Kier alpha value is -1.60. The van der Waals surface area contributed by atoms with E-state index in [-0.39, 0.29) is 6.61 Å². The third-order valence-electron chi connectivity index (χ3n) is 3.90. The number of aliphatic hydroxyl groups is 1. The van der Waals surface area contributed by atoms with E-state index in [0.29, 0.717) is 11.5 Å². The number of aromatic nitrogens is 1. The molecule has 20 heavy (non-hydrogen) atoms. The van der Waals surface area contributed by atoms with E-state index in [1.165, 1.54) is 18.4 Å². The van der Waals surface area contributed by atoms with Gasteiger partial charge >= 0.3 is 0 Å². The second kappa shape index (κ2) is 7.25. The lowest BCUT2D eigenvalue weighted by atomic mass is 9.95. The summed E-state index contributed by atoms with van der Waals surface area (Å²) in [5.74, 6) is 1.06. The smallest absolute Gasteiger partial charge is 0.144 e. The molecule has 0 fully saturated rings. The van der Waals surface area contributed by atoms with Crippen molar-refractivity contribution in [3.63, 3.8) is 0 Å². The molecule has 2 N–H and O–H groups in total. The number of aliphatic hydroxyl groups excluding tert-OH is 1. The van der Waals surface area contributed by atoms with Gasteiger partial charge in [0.2, 0.25) is 0 Å². The fourth-order valence-corrected chi connectivity index (χ4v) is 2.60. The molecule has 108 valence electrons. The predicted octanol–water partition coefficient (Wildman–Crippen LogP) is 2.65. The van der Waals surface area contributed by atoms with Crippen LogP contribution in [0.25, 0.3) is 0 Å². The zero-order valence-corrected chi connectivity index (χ0v) is 12.2. The number of aryl methyl sites for hydroxylation is 2. The van der Waals surface area contributed by atoms with Crippen molar-refractivity contribution in [3.8, 4) is 6.07 Å². The Bertz CT molecular complexity index is 493. The molecule has 0 bridgehead atoms. The van der Waals surface area contributed by atoms with E-state index < -0.39 is 0 Å². The average molecular weight is 273 g/mol. The molecule has 0 aromatic carbocycles. The second-order valence-electron chi connectivity index (χ2n) is 5.67. The Labute approximate surface area is 120 Å². The van der Waals surface area contributed by atoms with E-state index in [4.69, 9.17) is 5.11 Å². The van der Waals surface area contributed by atoms with E-state index in [1.807, 2.05) is 13.0 Å². The summed E-state index contributed by atoms with van der Waals surface area (Å²) >= 11 is 0. The van der Waals surface area contributed by atoms with E-state index in [9.17, 15) is 5.26 Å². The van der Waals surface area contributed by atoms with Gasteiger partial charge in [0, 0.05) is 18.8 Å². The fourth-order valence-electron chi connectivity index (χ4n) is 2.60. The van der Waals surface area contributed by atoms with Crippen LogP contribution in [0.1, 0.15) is 49.4 Å². The molecule has 0 aliphatic heterocycles. The lowest BCUT2D eigenvalue weighted by Gasteiger charge is -2.17. The van der Waals surface area contributed by atoms with Crippen LogP contribution in [0.4, 0.5) is 5.82 Å². The third-order valence-corrected chi connectivity index (χ3v) is 3.90. The van der Waals surface area contributed by atoms with Crippen molar-refractivity contribution in [1.29, 1.82) is 5.26 Å². The molecule has 0 saturated heterocycles. The van der Waals surface area contributed by atoms with Gasteiger partial charge in [0.15, 0.2) is 0 Å². The van der Waals surface area contributed by atoms with Crippen molar-refractivity contribution in [2.45, 2.75) is 45.4 Å². The minimum absolute atomic E-state index is 0.237. The summed E-state index contributed by atoms with van der Waals surface area (Å²) in [6.45, 7) is 3.07. The summed E-state index contributed by atoms with van der Waals surface area (Å²) in [5, 5.41) is 21.5. The van der Waals surface area contributed by atoms with Crippen LogP contribution in [0.5, 0.6) is 0 Å². The molecule has 4 heteroatoms. The summed E-state index contributed by atoms with van der Waals surface area (Å²) in [7, 11) is 0. The van der Waals surface area contributed by atoms with Crippen LogP contribution in [0, 0.1) is 17.2 Å². The van der Waals surface area contributed by atoms with Gasteiger partial charge in [-0.1, -0.05) is 6.92 Å². The highest BCUT2D eigenvalue weighted by atomic mass is 16.3. The zero-order valence-electron chi connectivity index (χ0n) is 12.2. The molecule has 0 radical (unpaired) electrons. The van der Waals surface area contributed by atoms with Crippen molar-refractivity contribution >= 4 is 5.82 Å². The van der Waals surface area contributed by atoms with Crippen LogP contribution in [0.3, 0.4) is 0 Å². The molecule has 1 aliphatic rings. The van der Waals surface area contributed by atoms with Gasteiger partial charge in [0.25, 0.3) is 0 Å². The summed E-state index contributed by atoms with van der Waals surface area (Å²) in [4.78, 5) is 4.64. The first-order valence-corrected chi connectivity index (χ1v) is 7.52. The molecule has 0 saturated carbocycles. The molecule has 0 amide bonds. The van der Waals surface area contributed by atoms with Gasteiger partial charge in [-0.05, 0) is 56.1 Å². The van der Waals surface area contributed by atoms with Crippen molar-refractivity contribution in [3.05, 3.63) is 22.9 Å². The maximum Gasteiger partial charge on any atom is 0.144 e. The van der Waals surface area contributed by atoms with Gasteiger partial charge in [-0.15, -0.1) is 0 Å². The van der Waals surface area contributed by atoms with Crippen LogP contribution >= 0.6 is 0 Å². The summed E-state index contributed by atoms with van der Waals surface area (Å²) < 4.78 is 0. The number of nitrogens with one attached hydrogen (secondary N) is 1. The van der Waals surface area contributed by atoms with Crippen LogP contribution < -0.4 is 5.32 Å². The molecule has 4 nitrogen and oxygen atoms in total. The van der Waals surface area contributed by atoms with Crippen LogP contribution in [0.2, 0.25) is 0 Å². The third kappa shape index (κ3) is 3.71. The quantitative estimate of drug-likeness (QED) is 0.782. The van der Waals surface area contributed by atoms with Gasteiger partial charge < -0.3 is 10.4 Å². The molecule has 1 aliphatic carbocycles. The lowest BCUT2D eigenvalue weighted by molar-refractivity contribution is 0.229. The SMILES string of the molecule is CC(CO)CCCNc1nc2c(cc1C#N)CCCC2. The highest BCUT2D eigenvalue weighted by Gasteiger charge is 2.14. The molecule has 1 atom stereocenters. The minimum Gasteiger partial charge on any atom is -0.396 e. The number of anilines is 1. The van der Waals surface area contributed by atoms with Gasteiger partial charge in [0.1, 0.15) is 11.9 Å². The normalized spacial score (nSPS) is 15.2. The Morgan fingerprint density at radius 3 is 3.00 bits per heavy atom. The van der Waals surface area contributed by atoms with Gasteiger partial charge in [0.05, 0.1) is 5.56 Å². The molecule has 1 aromatic heterocycles. The van der Waals surface area contributed by atoms with Crippen molar-refractivity contribution in [1.82, 2.24) is 4.98 Å². The number of hydrogen-bond acceptors (Lipinski definition) is 4. The highest BCUT2D eigenvalue weighted by molar-refractivity contribution is 5.54. The Morgan fingerprint density at radius 1 is 1.45 bits per heavy atom. The number of nitrogens with zero attached hydrogens (tertiary/aromatic N) is 2. The second-order valence-corrected chi connectivity index (χ2v) is 5.67. The van der Waals surface area contributed by atoms with Crippen molar-refractivity contribution in [2.24, 2.45) is 5.92 Å². The number of nitriles is 1. The largest absolute Gasteiger partial charge is 0.396 e. The summed E-state index contributed by atoms with van der Waals surface area (Å²) in [6.07, 6.45) is 6.43. The first kappa shape index (κ1) is 14.8. The molecular weight excluding hydrogens is 250 g/mol. The van der Waals surface area contributed by atoms with E-state index >= 15 is 0 Å². The van der Waals surface area contributed by atoms with Crippen LogP contribution in [-0.4, -0.2) is 23.2 Å². The first-order chi connectivity index (χ1) is 9.74. The van der Waals surface area contributed by atoms with E-state index in [1.54, 1.807) is 0 Å².